The van der Waals surface area contributed by atoms with E-state index in [1.54, 1.807) is 36.4 Å². The van der Waals surface area contributed by atoms with E-state index in [1.165, 1.54) is 37.6 Å². The lowest BCUT2D eigenvalue weighted by Crippen LogP contribution is -2.11. The first kappa shape index (κ1) is 23.9. The van der Waals surface area contributed by atoms with Gasteiger partial charge in [-0.1, -0.05) is 23.2 Å². The lowest BCUT2D eigenvalue weighted by molar-refractivity contribution is -0.136. The van der Waals surface area contributed by atoms with Crippen molar-refractivity contribution in [2.45, 2.75) is 17.7 Å². The van der Waals surface area contributed by atoms with Gasteiger partial charge in [0.05, 0.1) is 27.6 Å². The second-order valence-electron chi connectivity index (χ2n) is 7.38. The van der Waals surface area contributed by atoms with Gasteiger partial charge in [-0.25, -0.2) is 12.4 Å². The van der Waals surface area contributed by atoms with Gasteiger partial charge < -0.3 is 14.6 Å². The number of aryl methyl sites for hydroxylation is 1. The van der Waals surface area contributed by atoms with Gasteiger partial charge in [0, 0.05) is 24.1 Å². The standard InChI is InChI=1S/C24H19Cl2NO6S/c1-32-17-6-10-23-20(12-17)15(2-11-24(28)29)14-27(23)34(30,31)19-7-3-16(4-8-19)33-18-5-9-21(25)22(26)13-18/h3-10,12-14H,2,11H2,1H3,(H,28,29). The third-order valence-corrected chi connectivity index (χ3v) is 7.60. The molecule has 0 fully saturated rings. The monoisotopic (exact) mass is 519 g/mol. The normalized spacial score (nSPS) is 11.5. The summed E-state index contributed by atoms with van der Waals surface area (Å²) in [4.78, 5) is 11.1. The Hall–Kier alpha value is -3.20. The summed E-state index contributed by atoms with van der Waals surface area (Å²) < 4.78 is 39.0. The number of aliphatic carboxylic acids is 1. The van der Waals surface area contributed by atoms with Crippen molar-refractivity contribution >= 4 is 50.1 Å². The first-order valence-electron chi connectivity index (χ1n) is 10.1. The number of hydrogen-bond donors (Lipinski definition) is 1. The highest BCUT2D eigenvalue weighted by Gasteiger charge is 2.22. The SMILES string of the molecule is COc1ccc2c(c1)c(CCC(=O)O)cn2S(=O)(=O)c1ccc(Oc2ccc(Cl)c(Cl)c2)cc1. The van der Waals surface area contributed by atoms with Gasteiger partial charge in [0.2, 0.25) is 0 Å². The number of benzene rings is 3. The number of aromatic nitrogens is 1. The summed E-state index contributed by atoms with van der Waals surface area (Å²) in [6.07, 6.45) is 1.51. The molecule has 1 aromatic heterocycles. The van der Waals surface area contributed by atoms with E-state index >= 15 is 0 Å². The molecule has 0 saturated heterocycles. The third-order valence-electron chi connectivity index (χ3n) is 5.18. The van der Waals surface area contributed by atoms with Crippen molar-refractivity contribution < 1.29 is 27.8 Å². The number of hydrogen-bond acceptors (Lipinski definition) is 5. The Morgan fingerprint density at radius 2 is 1.62 bits per heavy atom. The van der Waals surface area contributed by atoms with Crippen LogP contribution in [-0.2, 0) is 21.2 Å². The van der Waals surface area contributed by atoms with Crippen molar-refractivity contribution in [1.82, 2.24) is 3.97 Å². The predicted molar refractivity (Wildman–Crippen MR) is 130 cm³/mol. The lowest BCUT2D eigenvalue weighted by Gasteiger charge is -2.10. The molecule has 0 spiro atoms. The van der Waals surface area contributed by atoms with Gasteiger partial charge in [-0.15, -0.1) is 0 Å². The van der Waals surface area contributed by atoms with Crippen LogP contribution in [0, 0.1) is 0 Å². The van der Waals surface area contributed by atoms with E-state index in [0.717, 1.165) is 3.97 Å². The Bertz CT molecular complexity index is 1480. The van der Waals surface area contributed by atoms with Crippen molar-refractivity contribution in [2.24, 2.45) is 0 Å². The Kier molecular flexibility index (Phi) is 6.74. The Balaban J connectivity index is 1.68. The largest absolute Gasteiger partial charge is 0.497 e. The Morgan fingerprint density at radius 3 is 2.26 bits per heavy atom. The van der Waals surface area contributed by atoms with Gasteiger partial charge in [-0.05, 0) is 66.6 Å². The fourth-order valence-corrected chi connectivity index (χ4v) is 5.16. The highest BCUT2D eigenvalue weighted by molar-refractivity contribution is 7.90. The molecule has 0 unspecified atom stereocenters. The fraction of sp³-hybridized carbons (Fsp3) is 0.125. The zero-order chi connectivity index (χ0) is 24.5. The summed E-state index contributed by atoms with van der Waals surface area (Å²) in [6.45, 7) is 0. The third kappa shape index (κ3) is 4.84. The molecule has 0 amide bonds. The summed E-state index contributed by atoms with van der Waals surface area (Å²) in [6, 6.07) is 15.8. The molecule has 1 heterocycles. The number of ether oxygens (including phenoxy) is 2. The van der Waals surface area contributed by atoms with Crippen LogP contribution in [0.2, 0.25) is 10.0 Å². The van der Waals surface area contributed by atoms with Crippen LogP contribution < -0.4 is 9.47 Å². The number of fused-ring (bicyclic) bond motifs is 1. The molecule has 3 aromatic carbocycles. The maximum absolute atomic E-state index is 13.4. The molecule has 176 valence electrons. The van der Waals surface area contributed by atoms with E-state index in [9.17, 15) is 13.2 Å². The molecule has 0 atom stereocenters. The molecule has 1 N–H and O–H groups in total. The quantitative estimate of drug-likeness (QED) is 0.306. The molecule has 10 heteroatoms. The minimum Gasteiger partial charge on any atom is -0.497 e. The average Bonchev–Trinajstić information content (AvgIpc) is 3.19. The number of carboxylic acid groups (broad SMARTS) is 1. The maximum Gasteiger partial charge on any atom is 0.303 e. The number of nitrogens with zero attached hydrogens (tertiary/aromatic N) is 1. The van der Waals surface area contributed by atoms with E-state index in [4.69, 9.17) is 37.8 Å². The number of halogens is 2. The van der Waals surface area contributed by atoms with Gasteiger partial charge in [0.1, 0.15) is 17.2 Å². The van der Waals surface area contributed by atoms with E-state index in [2.05, 4.69) is 0 Å². The van der Waals surface area contributed by atoms with Gasteiger partial charge >= 0.3 is 5.97 Å². The summed E-state index contributed by atoms with van der Waals surface area (Å²) >= 11 is 11.9. The topological polar surface area (TPSA) is 94.8 Å². The summed E-state index contributed by atoms with van der Waals surface area (Å²) in [7, 11) is -2.46. The lowest BCUT2D eigenvalue weighted by atomic mass is 10.1. The van der Waals surface area contributed by atoms with Crippen LogP contribution in [0.25, 0.3) is 10.9 Å². The molecule has 0 aliphatic rings. The first-order chi connectivity index (χ1) is 16.2. The van der Waals surface area contributed by atoms with Gasteiger partial charge in [-0.3, -0.25) is 4.79 Å². The fourth-order valence-electron chi connectivity index (χ4n) is 3.48. The second kappa shape index (κ2) is 9.58. The number of carbonyl (C=O) groups is 1. The van der Waals surface area contributed by atoms with Gasteiger partial charge in [-0.2, -0.15) is 0 Å². The molecule has 4 aromatic rings. The highest BCUT2D eigenvalue weighted by atomic mass is 35.5. The number of carboxylic acids is 1. The maximum atomic E-state index is 13.4. The molecular formula is C24H19Cl2NO6S. The zero-order valence-corrected chi connectivity index (χ0v) is 20.2. The van der Waals surface area contributed by atoms with Crippen LogP contribution in [0.4, 0.5) is 0 Å². The Labute approximate surface area is 206 Å². The Morgan fingerprint density at radius 1 is 0.941 bits per heavy atom. The van der Waals surface area contributed by atoms with Crippen molar-refractivity contribution in [3.63, 3.8) is 0 Å². The van der Waals surface area contributed by atoms with Crippen LogP contribution >= 0.6 is 23.2 Å². The molecule has 0 aliphatic heterocycles. The molecule has 0 aliphatic carbocycles. The highest BCUT2D eigenvalue weighted by Crippen LogP contribution is 2.32. The van der Waals surface area contributed by atoms with Crippen molar-refractivity contribution in [1.29, 1.82) is 0 Å². The van der Waals surface area contributed by atoms with Crippen LogP contribution in [0.15, 0.2) is 71.8 Å². The van der Waals surface area contributed by atoms with E-state index in [-0.39, 0.29) is 17.7 Å². The molecule has 7 nitrogen and oxygen atoms in total. The summed E-state index contributed by atoms with van der Waals surface area (Å²) in [5.74, 6) is 0.451. The average molecular weight is 520 g/mol. The molecule has 0 bridgehead atoms. The van der Waals surface area contributed by atoms with Crippen molar-refractivity contribution in [3.8, 4) is 17.2 Å². The van der Waals surface area contributed by atoms with Crippen molar-refractivity contribution in [2.75, 3.05) is 7.11 Å². The van der Waals surface area contributed by atoms with Gasteiger partial charge in [0.25, 0.3) is 10.0 Å². The van der Waals surface area contributed by atoms with Crippen LogP contribution in [-0.4, -0.2) is 30.6 Å². The van der Waals surface area contributed by atoms with E-state index in [1.807, 2.05) is 0 Å². The van der Waals surface area contributed by atoms with Crippen LogP contribution in [0.3, 0.4) is 0 Å². The molecular weight excluding hydrogens is 501 g/mol. The molecule has 0 saturated carbocycles. The van der Waals surface area contributed by atoms with E-state index < -0.39 is 16.0 Å². The second-order valence-corrected chi connectivity index (χ2v) is 10.0. The summed E-state index contributed by atoms with van der Waals surface area (Å²) in [5, 5.41) is 10.4. The number of rotatable bonds is 8. The van der Waals surface area contributed by atoms with Gasteiger partial charge in [0.15, 0.2) is 0 Å². The van der Waals surface area contributed by atoms with Crippen molar-refractivity contribution in [3.05, 3.63) is 82.5 Å². The molecule has 0 radical (unpaired) electrons. The zero-order valence-electron chi connectivity index (χ0n) is 17.9. The molecule has 34 heavy (non-hydrogen) atoms. The smallest absolute Gasteiger partial charge is 0.303 e. The first-order valence-corrected chi connectivity index (χ1v) is 12.3. The summed E-state index contributed by atoms with van der Waals surface area (Å²) in [5.41, 5.74) is 1.02. The minimum atomic E-state index is -3.97. The number of methoxy groups -OCH3 is 1. The predicted octanol–water partition coefficient (Wildman–Crippen LogP) is 6.00. The van der Waals surface area contributed by atoms with Crippen LogP contribution in [0.1, 0.15) is 12.0 Å². The van der Waals surface area contributed by atoms with Crippen LogP contribution in [0.5, 0.6) is 17.2 Å². The van der Waals surface area contributed by atoms with E-state index in [0.29, 0.717) is 43.8 Å². The molecule has 4 rings (SSSR count). The minimum absolute atomic E-state index is 0.0477.